The van der Waals surface area contributed by atoms with Gasteiger partial charge in [-0.15, -0.1) is 0 Å². The van der Waals surface area contributed by atoms with Gasteiger partial charge in [-0.2, -0.15) is 0 Å². The molecule has 96 valence electrons. The second-order valence-electron chi connectivity index (χ2n) is 3.67. The number of nitro benzene ring substituents is 1. The van der Waals surface area contributed by atoms with Crippen LogP contribution in [0.3, 0.4) is 0 Å². The normalized spacial score (nSPS) is 12.3. The molecule has 0 aromatic heterocycles. The average molecular weight is 251 g/mol. The molecule has 0 amide bonds. The van der Waals surface area contributed by atoms with Gasteiger partial charge in [-0.05, 0) is 17.5 Å². The molecule has 0 bridgehead atoms. The van der Waals surface area contributed by atoms with E-state index in [0.717, 1.165) is 11.6 Å². The molecule has 1 aromatic rings. The smallest absolute Gasteiger partial charge is 0.327 e. The van der Waals surface area contributed by atoms with E-state index in [4.69, 9.17) is 9.84 Å². The van der Waals surface area contributed by atoms with Gasteiger partial charge in [0.25, 0.3) is 0 Å². The summed E-state index contributed by atoms with van der Waals surface area (Å²) in [7, 11) is 1.35. The van der Waals surface area contributed by atoms with E-state index in [-0.39, 0.29) is 17.4 Å². The molecule has 18 heavy (non-hydrogen) atoms. The number of carboxylic acids is 1. The largest absolute Gasteiger partial charge is 0.490 e. The molecule has 1 aromatic carbocycles. The van der Waals surface area contributed by atoms with Crippen molar-refractivity contribution < 1.29 is 19.6 Å². The molecule has 6 nitrogen and oxygen atoms in total. The SMILES string of the molecule is COc1cc(C(C)C=CC(=O)O)ccc1[N+](=O)[O-]. The highest BCUT2D eigenvalue weighted by Crippen LogP contribution is 2.30. The monoisotopic (exact) mass is 251 g/mol. The van der Waals surface area contributed by atoms with Gasteiger partial charge in [0.05, 0.1) is 12.0 Å². The highest BCUT2D eigenvalue weighted by Gasteiger charge is 2.16. The number of rotatable bonds is 5. The van der Waals surface area contributed by atoms with Crippen molar-refractivity contribution in [2.24, 2.45) is 0 Å². The molecule has 0 spiro atoms. The standard InChI is InChI=1S/C12H13NO5/c1-8(3-6-12(14)15)9-4-5-10(13(16)17)11(7-9)18-2/h3-8H,1-2H3,(H,14,15). The van der Waals surface area contributed by atoms with Crippen LogP contribution in [0.25, 0.3) is 0 Å². The molecule has 1 rings (SSSR count). The molecule has 0 aliphatic carbocycles. The third-order valence-corrected chi connectivity index (χ3v) is 2.45. The Morgan fingerprint density at radius 1 is 1.56 bits per heavy atom. The summed E-state index contributed by atoms with van der Waals surface area (Å²) in [6, 6.07) is 4.46. The number of ether oxygens (including phenoxy) is 1. The number of allylic oxidation sites excluding steroid dienone is 1. The van der Waals surface area contributed by atoms with E-state index < -0.39 is 10.9 Å². The molecule has 0 saturated heterocycles. The predicted octanol–water partition coefficient (Wildman–Crippen LogP) is 2.35. The van der Waals surface area contributed by atoms with E-state index in [9.17, 15) is 14.9 Å². The fourth-order valence-electron chi connectivity index (χ4n) is 1.47. The maximum atomic E-state index is 10.7. The number of hydrogen-bond acceptors (Lipinski definition) is 4. The topological polar surface area (TPSA) is 89.7 Å². The van der Waals surface area contributed by atoms with Crippen molar-refractivity contribution in [2.75, 3.05) is 7.11 Å². The van der Waals surface area contributed by atoms with Crippen molar-refractivity contribution in [3.63, 3.8) is 0 Å². The minimum atomic E-state index is -1.03. The second-order valence-corrected chi connectivity index (χ2v) is 3.67. The molecule has 1 atom stereocenters. The van der Waals surface area contributed by atoms with Gasteiger partial charge in [0, 0.05) is 12.1 Å². The van der Waals surface area contributed by atoms with Crippen molar-refractivity contribution in [3.8, 4) is 5.75 Å². The van der Waals surface area contributed by atoms with Gasteiger partial charge in [-0.25, -0.2) is 4.79 Å². The molecule has 0 heterocycles. The van der Waals surface area contributed by atoms with Gasteiger partial charge in [-0.3, -0.25) is 10.1 Å². The van der Waals surface area contributed by atoms with Crippen molar-refractivity contribution in [1.29, 1.82) is 0 Å². The summed E-state index contributed by atoms with van der Waals surface area (Å²) in [6.07, 6.45) is 2.54. The zero-order chi connectivity index (χ0) is 13.7. The Balaban J connectivity index is 3.05. The van der Waals surface area contributed by atoms with E-state index >= 15 is 0 Å². The molecule has 0 aliphatic rings. The van der Waals surface area contributed by atoms with Crippen molar-refractivity contribution in [2.45, 2.75) is 12.8 Å². The molecule has 1 N–H and O–H groups in total. The Morgan fingerprint density at radius 2 is 2.22 bits per heavy atom. The van der Waals surface area contributed by atoms with Crippen LogP contribution in [0.4, 0.5) is 5.69 Å². The summed E-state index contributed by atoms with van der Waals surface area (Å²) in [4.78, 5) is 20.6. The fourth-order valence-corrected chi connectivity index (χ4v) is 1.47. The quantitative estimate of drug-likeness (QED) is 0.493. The second kappa shape index (κ2) is 5.81. The van der Waals surface area contributed by atoms with Crippen LogP contribution in [0.2, 0.25) is 0 Å². The highest BCUT2D eigenvalue weighted by molar-refractivity contribution is 5.79. The van der Waals surface area contributed by atoms with E-state index in [0.29, 0.717) is 0 Å². The number of benzene rings is 1. The van der Waals surface area contributed by atoms with Crippen LogP contribution < -0.4 is 4.74 Å². The maximum Gasteiger partial charge on any atom is 0.327 e. The lowest BCUT2D eigenvalue weighted by Gasteiger charge is -2.08. The van der Waals surface area contributed by atoms with Crippen LogP contribution in [-0.4, -0.2) is 23.1 Å². The van der Waals surface area contributed by atoms with Crippen LogP contribution in [-0.2, 0) is 4.79 Å². The van der Waals surface area contributed by atoms with Gasteiger partial charge in [0.2, 0.25) is 0 Å². The maximum absolute atomic E-state index is 10.7. The Hall–Kier alpha value is -2.37. The lowest BCUT2D eigenvalue weighted by Crippen LogP contribution is -1.97. The van der Waals surface area contributed by atoms with Gasteiger partial charge in [0.1, 0.15) is 0 Å². The summed E-state index contributed by atoms with van der Waals surface area (Å²) in [5, 5.41) is 19.2. The van der Waals surface area contributed by atoms with Gasteiger partial charge < -0.3 is 9.84 Å². The minimum absolute atomic E-state index is 0.115. The molecule has 0 aliphatic heterocycles. The van der Waals surface area contributed by atoms with Gasteiger partial charge in [0.15, 0.2) is 5.75 Å². The Labute approximate surface area is 104 Å². The summed E-state index contributed by atoms with van der Waals surface area (Å²) < 4.78 is 4.94. The third kappa shape index (κ3) is 3.31. The van der Waals surface area contributed by atoms with E-state index in [1.807, 2.05) is 0 Å². The minimum Gasteiger partial charge on any atom is -0.490 e. The average Bonchev–Trinajstić information content (AvgIpc) is 2.34. The summed E-state index contributed by atoms with van der Waals surface area (Å²) in [6.45, 7) is 1.79. The first-order valence-electron chi connectivity index (χ1n) is 5.19. The number of nitrogens with zero attached hydrogens (tertiary/aromatic N) is 1. The highest BCUT2D eigenvalue weighted by atomic mass is 16.6. The third-order valence-electron chi connectivity index (χ3n) is 2.45. The lowest BCUT2D eigenvalue weighted by atomic mass is 10.00. The number of nitro groups is 1. The number of hydrogen-bond donors (Lipinski definition) is 1. The number of carboxylic acid groups (broad SMARTS) is 1. The lowest BCUT2D eigenvalue weighted by molar-refractivity contribution is -0.385. The van der Waals surface area contributed by atoms with Crippen LogP contribution in [0.1, 0.15) is 18.4 Å². The van der Waals surface area contributed by atoms with Crippen LogP contribution in [0.5, 0.6) is 5.75 Å². The molecule has 0 fully saturated rings. The van der Waals surface area contributed by atoms with Gasteiger partial charge >= 0.3 is 11.7 Å². The summed E-state index contributed by atoms with van der Waals surface area (Å²) in [5.41, 5.74) is 0.630. The Kier molecular flexibility index (Phi) is 4.42. The fraction of sp³-hybridized carbons (Fsp3) is 0.250. The Morgan fingerprint density at radius 3 is 2.72 bits per heavy atom. The number of carbonyl (C=O) groups is 1. The number of aliphatic carboxylic acids is 1. The first-order chi connectivity index (χ1) is 8.45. The molecule has 1 unspecified atom stereocenters. The zero-order valence-electron chi connectivity index (χ0n) is 9.99. The summed E-state index contributed by atoms with van der Waals surface area (Å²) in [5.74, 6) is -1.04. The molecular weight excluding hydrogens is 238 g/mol. The molecule has 0 radical (unpaired) electrons. The molecule has 6 heteroatoms. The zero-order valence-corrected chi connectivity index (χ0v) is 9.99. The van der Waals surface area contributed by atoms with E-state index in [1.54, 1.807) is 13.0 Å². The molecular formula is C12H13NO5. The van der Waals surface area contributed by atoms with Crippen LogP contribution >= 0.6 is 0 Å². The van der Waals surface area contributed by atoms with Gasteiger partial charge in [-0.1, -0.05) is 19.1 Å². The van der Waals surface area contributed by atoms with E-state index in [1.165, 1.54) is 25.3 Å². The first-order valence-corrected chi connectivity index (χ1v) is 5.19. The first kappa shape index (κ1) is 13.7. The van der Waals surface area contributed by atoms with Crippen LogP contribution in [0.15, 0.2) is 30.4 Å². The van der Waals surface area contributed by atoms with E-state index in [2.05, 4.69) is 0 Å². The number of methoxy groups -OCH3 is 1. The van der Waals surface area contributed by atoms with Crippen LogP contribution in [0, 0.1) is 10.1 Å². The van der Waals surface area contributed by atoms with Crippen molar-refractivity contribution in [3.05, 3.63) is 46.0 Å². The molecule has 0 saturated carbocycles. The summed E-state index contributed by atoms with van der Waals surface area (Å²) >= 11 is 0. The van der Waals surface area contributed by atoms with Crippen molar-refractivity contribution in [1.82, 2.24) is 0 Å². The van der Waals surface area contributed by atoms with Crippen molar-refractivity contribution >= 4 is 11.7 Å². The Bertz CT molecular complexity index is 495. The predicted molar refractivity (Wildman–Crippen MR) is 64.8 cm³/mol.